The van der Waals surface area contributed by atoms with Gasteiger partial charge in [-0.15, -0.1) is 0 Å². The molecule has 0 bridgehead atoms. The van der Waals surface area contributed by atoms with E-state index in [1.165, 1.54) is 5.56 Å². The van der Waals surface area contributed by atoms with Gasteiger partial charge in [0.1, 0.15) is 0 Å². The zero-order valence-corrected chi connectivity index (χ0v) is 14.1. The lowest BCUT2D eigenvalue weighted by molar-refractivity contribution is 0.178. The first kappa shape index (κ1) is 16.9. The molecule has 4 heteroatoms. The van der Waals surface area contributed by atoms with E-state index < -0.39 is 0 Å². The van der Waals surface area contributed by atoms with Gasteiger partial charge in [0, 0.05) is 30.9 Å². The summed E-state index contributed by atoms with van der Waals surface area (Å²) in [5.41, 5.74) is 2.26. The van der Waals surface area contributed by atoms with E-state index >= 15 is 0 Å². The maximum atomic E-state index is 5.34. The first-order chi connectivity index (χ1) is 9.41. The predicted molar refractivity (Wildman–Crippen MR) is 92.4 cm³/mol. The van der Waals surface area contributed by atoms with E-state index in [9.17, 15) is 0 Å². The Labute approximate surface area is 128 Å². The highest BCUT2D eigenvalue weighted by atomic mass is 32.1. The number of aryl methyl sites for hydroxylation is 1. The second-order valence-corrected chi connectivity index (χ2v) is 6.03. The van der Waals surface area contributed by atoms with Gasteiger partial charge in [-0.25, -0.2) is 0 Å². The van der Waals surface area contributed by atoms with E-state index in [-0.39, 0.29) is 0 Å². The van der Waals surface area contributed by atoms with Crippen molar-refractivity contribution < 1.29 is 0 Å². The van der Waals surface area contributed by atoms with Gasteiger partial charge in [0.15, 0.2) is 5.11 Å². The molecule has 20 heavy (non-hydrogen) atoms. The zero-order chi connectivity index (χ0) is 15.1. The molecule has 0 aliphatic carbocycles. The van der Waals surface area contributed by atoms with E-state index in [1.807, 2.05) is 18.2 Å². The minimum absolute atomic E-state index is 0.551. The van der Waals surface area contributed by atoms with E-state index in [0.717, 1.165) is 18.8 Å². The number of para-hydroxylation sites is 1. The van der Waals surface area contributed by atoms with Gasteiger partial charge in [-0.1, -0.05) is 18.2 Å². The van der Waals surface area contributed by atoms with Crippen LogP contribution in [0.1, 0.15) is 33.3 Å². The lowest BCUT2D eigenvalue weighted by Gasteiger charge is -2.30. The number of benzene rings is 1. The van der Waals surface area contributed by atoms with Gasteiger partial charge in [-0.05, 0) is 58.5 Å². The fraction of sp³-hybridized carbons (Fsp3) is 0.562. The molecule has 0 saturated heterocycles. The number of nitrogens with zero attached hydrogens (tertiary/aromatic N) is 1. The number of anilines is 1. The number of hydrogen-bond donors (Lipinski definition) is 2. The van der Waals surface area contributed by atoms with Crippen molar-refractivity contribution in [2.24, 2.45) is 0 Å². The fourth-order valence-corrected chi connectivity index (χ4v) is 2.50. The van der Waals surface area contributed by atoms with Crippen LogP contribution in [0, 0.1) is 6.92 Å². The Kier molecular flexibility index (Phi) is 6.96. The van der Waals surface area contributed by atoms with Crippen LogP contribution in [0.5, 0.6) is 0 Å². The molecule has 0 heterocycles. The largest absolute Gasteiger partial charge is 0.361 e. The van der Waals surface area contributed by atoms with Crippen LogP contribution >= 0.6 is 12.2 Å². The summed E-state index contributed by atoms with van der Waals surface area (Å²) in [7, 11) is 0. The standard InChI is InChI=1S/C16H27N3S/c1-12(2)19(13(3)4)11-10-17-16(20)18-15-9-7-6-8-14(15)5/h6-9,12-13H,10-11H2,1-5H3,(H2,17,18,20). The third-order valence-electron chi connectivity index (χ3n) is 3.38. The predicted octanol–water partition coefficient (Wildman–Crippen LogP) is 3.40. The minimum Gasteiger partial charge on any atom is -0.361 e. The molecule has 1 rings (SSSR count). The van der Waals surface area contributed by atoms with Crippen LogP contribution < -0.4 is 10.6 Å². The average Bonchev–Trinajstić information content (AvgIpc) is 2.36. The summed E-state index contributed by atoms with van der Waals surface area (Å²) in [5.74, 6) is 0. The van der Waals surface area contributed by atoms with E-state index in [4.69, 9.17) is 12.2 Å². The molecule has 0 unspecified atom stereocenters. The van der Waals surface area contributed by atoms with Gasteiger partial charge in [0.25, 0.3) is 0 Å². The Hall–Kier alpha value is -1.13. The molecule has 0 atom stereocenters. The van der Waals surface area contributed by atoms with E-state index in [0.29, 0.717) is 17.2 Å². The second-order valence-electron chi connectivity index (χ2n) is 5.62. The monoisotopic (exact) mass is 293 g/mol. The number of nitrogens with one attached hydrogen (secondary N) is 2. The van der Waals surface area contributed by atoms with Crippen molar-refractivity contribution in [3.05, 3.63) is 29.8 Å². The molecule has 0 aliphatic heterocycles. The van der Waals surface area contributed by atoms with Crippen molar-refractivity contribution in [1.82, 2.24) is 10.2 Å². The molecule has 112 valence electrons. The number of hydrogen-bond acceptors (Lipinski definition) is 2. The Morgan fingerprint density at radius 1 is 1.15 bits per heavy atom. The minimum atomic E-state index is 0.551. The van der Waals surface area contributed by atoms with E-state index in [2.05, 4.69) is 56.2 Å². The zero-order valence-electron chi connectivity index (χ0n) is 13.2. The summed E-state index contributed by atoms with van der Waals surface area (Å²) in [6.07, 6.45) is 0. The first-order valence-electron chi connectivity index (χ1n) is 7.28. The lowest BCUT2D eigenvalue weighted by Crippen LogP contribution is -2.43. The maximum absolute atomic E-state index is 5.34. The van der Waals surface area contributed by atoms with Gasteiger partial charge in [0.05, 0.1) is 0 Å². The summed E-state index contributed by atoms with van der Waals surface area (Å²) in [4.78, 5) is 2.45. The molecule has 1 aromatic carbocycles. The molecule has 0 amide bonds. The highest BCUT2D eigenvalue weighted by Gasteiger charge is 2.12. The van der Waals surface area contributed by atoms with Crippen molar-refractivity contribution in [1.29, 1.82) is 0 Å². The molecule has 0 aliphatic rings. The summed E-state index contributed by atoms with van der Waals surface area (Å²) >= 11 is 5.34. The molecule has 0 radical (unpaired) electrons. The number of rotatable bonds is 6. The SMILES string of the molecule is Cc1ccccc1NC(=S)NCCN(C(C)C)C(C)C. The lowest BCUT2D eigenvalue weighted by atomic mass is 10.2. The van der Waals surface area contributed by atoms with Crippen LogP contribution in [0.2, 0.25) is 0 Å². The maximum Gasteiger partial charge on any atom is 0.170 e. The Morgan fingerprint density at radius 2 is 1.75 bits per heavy atom. The summed E-state index contributed by atoms with van der Waals surface area (Å²) in [6.45, 7) is 12.8. The second kappa shape index (κ2) is 8.22. The Morgan fingerprint density at radius 3 is 2.30 bits per heavy atom. The topological polar surface area (TPSA) is 27.3 Å². The smallest absolute Gasteiger partial charge is 0.170 e. The molecule has 3 nitrogen and oxygen atoms in total. The van der Waals surface area contributed by atoms with Gasteiger partial charge < -0.3 is 10.6 Å². The van der Waals surface area contributed by atoms with Gasteiger partial charge in [-0.2, -0.15) is 0 Å². The molecule has 0 spiro atoms. The summed E-state index contributed by atoms with van der Waals surface area (Å²) in [6, 6.07) is 9.25. The van der Waals surface area contributed by atoms with Gasteiger partial charge in [0.2, 0.25) is 0 Å². The first-order valence-corrected chi connectivity index (χ1v) is 7.69. The van der Waals surface area contributed by atoms with Crippen molar-refractivity contribution in [3.63, 3.8) is 0 Å². The average molecular weight is 293 g/mol. The third-order valence-corrected chi connectivity index (χ3v) is 3.62. The normalized spacial score (nSPS) is 11.2. The Balaban J connectivity index is 2.39. The van der Waals surface area contributed by atoms with Crippen LogP contribution in [0.15, 0.2) is 24.3 Å². The van der Waals surface area contributed by atoms with Crippen LogP contribution in [0.3, 0.4) is 0 Å². The van der Waals surface area contributed by atoms with Crippen molar-refractivity contribution in [3.8, 4) is 0 Å². The van der Waals surface area contributed by atoms with Gasteiger partial charge in [-0.3, -0.25) is 4.90 Å². The van der Waals surface area contributed by atoms with Gasteiger partial charge >= 0.3 is 0 Å². The quantitative estimate of drug-likeness (QED) is 0.786. The van der Waals surface area contributed by atoms with Crippen molar-refractivity contribution in [2.75, 3.05) is 18.4 Å². The van der Waals surface area contributed by atoms with Crippen LogP contribution in [0.25, 0.3) is 0 Å². The third kappa shape index (κ3) is 5.47. The molecule has 1 aromatic rings. The summed E-state index contributed by atoms with van der Waals surface area (Å²) < 4.78 is 0. The molecule has 0 aromatic heterocycles. The molecule has 0 fully saturated rings. The highest BCUT2D eigenvalue weighted by Crippen LogP contribution is 2.12. The summed E-state index contributed by atoms with van der Waals surface area (Å²) in [5, 5.41) is 7.21. The van der Waals surface area contributed by atoms with Crippen molar-refractivity contribution in [2.45, 2.75) is 46.7 Å². The molecular weight excluding hydrogens is 266 g/mol. The van der Waals surface area contributed by atoms with Crippen molar-refractivity contribution >= 4 is 23.0 Å². The van der Waals surface area contributed by atoms with Crippen LogP contribution in [-0.4, -0.2) is 35.2 Å². The molecular formula is C16H27N3S. The fourth-order valence-electron chi connectivity index (χ4n) is 2.29. The highest BCUT2D eigenvalue weighted by molar-refractivity contribution is 7.80. The van der Waals surface area contributed by atoms with E-state index in [1.54, 1.807) is 0 Å². The Bertz CT molecular complexity index is 421. The number of thiocarbonyl (C=S) groups is 1. The molecule has 2 N–H and O–H groups in total. The van der Waals surface area contributed by atoms with Crippen LogP contribution in [-0.2, 0) is 0 Å². The van der Waals surface area contributed by atoms with Crippen LogP contribution in [0.4, 0.5) is 5.69 Å². The molecule has 0 saturated carbocycles.